The van der Waals surface area contributed by atoms with E-state index in [0.717, 1.165) is 44.1 Å². The van der Waals surface area contributed by atoms with Gasteiger partial charge >= 0.3 is 0 Å². The molecule has 0 aliphatic heterocycles. The highest BCUT2D eigenvalue weighted by atomic mass is 16.3. The topological polar surface area (TPSA) is 51.8 Å². The molecule has 108 valence electrons. The molecule has 0 spiro atoms. The van der Waals surface area contributed by atoms with Crippen molar-refractivity contribution in [1.29, 1.82) is 0 Å². The second kappa shape index (κ2) is 4.61. The van der Waals surface area contributed by atoms with Gasteiger partial charge in [0.15, 0.2) is 5.58 Å². The molecule has 5 rings (SSSR count). The van der Waals surface area contributed by atoms with Gasteiger partial charge < -0.3 is 4.42 Å². The zero-order valence-corrected chi connectivity index (χ0v) is 12.1. The third kappa shape index (κ3) is 1.75. The molecular weight excluding hydrogens is 286 g/mol. The van der Waals surface area contributed by atoms with Gasteiger partial charge in [0.25, 0.3) is 0 Å². The summed E-state index contributed by atoms with van der Waals surface area (Å²) >= 11 is 0. The largest absolute Gasteiger partial charge is 0.454 e. The second-order valence-electron chi connectivity index (χ2n) is 5.41. The lowest BCUT2D eigenvalue weighted by Crippen LogP contribution is -1.89. The van der Waals surface area contributed by atoms with Crippen LogP contribution in [0, 0.1) is 0 Å². The number of aromatic nitrogens is 3. The van der Waals surface area contributed by atoms with Crippen LogP contribution in [0.2, 0.25) is 0 Å². The molecule has 4 nitrogen and oxygen atoms in total. The minimum Gasteiger partial charge on any atom is -0.454 e. The molecule has 0 N–H and O–H groups in total. The van der Waals surface area contributed by atoms with Crippen LogP contribution in [0.15, 0.2) is 71.4 Å². The molecule has 0 amide bonds. The number of fused-ring (bicyclic) bond motifs is 4. The third-order valence-corrected chi connectivity index (χ3v) is 4.09. The monoisotopic (exact) mass is 297 g/mol. The van der Waals surface area contributed by atoms with Gasteiger partial charge in [-0.15, -0.1) is 5.10 Å². The molecule has 3 aromatic heterocycles. The summed E-state index contributed by atoms with van der Waals surface area (Å²) in [5.74, 6) is 0. The summed E-state index contributed by atoms with van der Waals surface area (Å²) in [6.45, 7) is 0. The van der Waals surface area contributed by atoms with Gasteiger partial charge in [-0.05, 0) is 18.2 Å². The van der Waals surface area contributed by atoms with Crippen molar-refractivity contribution in [1.82, 2.24) is 15.2 Å². The van der Waals surface area contributed by atoms with Crippen LogP contribution in [0.1, 0.15) is 0 Å². The van der Waals surface area contributed by atoms with Crippen LogP contribution >= 0.6 is 0 Å². The van der Waals surface area contributed by atoms with Crippen molar-refractivity contribution in [2.75, 3.05) is 0 Å². The van der Waals surface area contributed by atoms with Crippen LogP contribution in [0.4, 0.5) is 0 Å². The molecule has 23 heavy (non-hydrogen) atoms. The van der Waals surface area contributed by atoms with Crippen molar-refractivity contribution in [3.63, 3.8) is 0 Å². The maximum Gasteiger partial charge on any atom is 0.161 e. The lowest BCUT2D eigenvalue weighted by molar-refractivity contribution is 0.668. The van der Waals surface area contributed by atoms with E-state index in [0.29, 0.717) is 0 Å². The van der Waals surface area contributed by atoms with Gasteiger partial charge in [-0.25, -0.2) is 0 Å². The fourth-order valence-corrected chi connectivity index (χ4v) is 3.05. The molecule has 5 aromatic rings. The van der Waals surface area contributed by atoms with E-state index in [1.807, 2.05) is 54.7 Å². The van der Waals surface area contributed by atoms with Crippen LogP contribution in [-0.4, -0.2) is 15.2 Å². The van der Waals surface area contributed by atoms with E-state index >= 15 is 0 Å². The van der Waals surface area contributed by atoms with Crippen molar-refractivity contribution in [2.24, 2.45) is 0 Å². The minimum atomic E-state index is 0.784. The van der Waals surface area contributed by atoms with Crippen LogP contribution in [-0.2, 0) is 0 Å². The van der Waals surface area contributed by atoms with E-state index < -0.39 is 0 Å². The lowest BCUT2D eigenvalue weighted by Gasteiger charge is -2.04. The lowest BCUT2D eigenvalue weighted by atomic mass is 10.0. The number of benzene rings is 2. The SMILES string of the molecule is c1cc(-c2nccc3c2oc2ccccc23)c2nnccc2c1. The number of furan rings is 1. The first-order valence-corrected chi connectivity index (χ1v) is 7.39. The van der Waals surface area contributed by atoms with Crippen molar-refractivity contribution in [2.45, 2.75) is 0 Å². The zero-order valence-electron chi connectivity index (χ0n) is 12.1. The Morgan fingerprint density at radius 2 is 1.74 bits per heavy atom. The summed E-state index contributed by atoms with van der Waals surface area (Å²) < 4.78 is 6.08. The van der Waals surface area contributed by atoms with E-state index in [9.17, 15) is 0 Å². The van der Waals surface area contributed by atoms with Crippen molar-refractivity contribution < 1.29 is 4.42 Å². The molecule has 0 aliphatic rings. The predicted molar refractivity (Wildman–Crippen MR) is 90.0 cm³/mol. The number of para-hydroxylation sites is 1. The summed E-state index contributed by atoms with van der Waals surface area (Å²) in [6, 6.07) is 18.0. The Bertz CT molecular complexity index is 1170. The first kappa shape index (κ1) is 12.3. The molecule has 0 bridgehead atoms. The molecule has 0 unspecified atom stereocenters. The fraction of sp³-hybridized carbons (Fsp3) is 0. The van der Waals surface area contributed by atoms with Gasteiger partial charge in [0.1, 0.15) is 16.8 Å². The molecule has 0 atom stereocenters. The number of hydrogen-bond donors (Lipinski definition) is 0. The Morgan fingerprint density at radius 3 is 2.74 bits per heavy atom. The summed E-state index contributed by atoms with van der Waals surface area (Å²) in [4.78, 5) is 4.56. The van der Waals surface area contributed by atoms with Gasteiger partial charge in [0.2, 0.25) is 0 Å². The van der Waals surface area contributed by atoms with E-state index in [4.69, 9.17) is 4.42 Å². The number of pyridine rings is 1. The Kier molecular flexibility index (Phi) is 2.46. The Hall–Kier alpha value is -3.27. The van der Waals surface area contributed by atoms with E-state index in [1.165, 1.54) is 0 Å². The molecule has 4 heteroatoms. The maximum absolute atomic E-state index is 6.08. The van der Waals surface area contributed by atoms with Crippen molar-refractivity contribution >= 4 is 32.8 Å². The predicted octanol–water partition coefficient (Wildman–Crippen LogP) is 4.59. The normalized spacial score (nSPS) is 11.5. The highest BCUT2D eigenvalue weighted by Crippen LogP contribution is 2.35. The average Bonchev–Trinajstić information content (AvgIpc) is 3.00. The Morgan fingerprint density at radius 1 is 0.783 bits per heavy atom. The van der Waals surface area contributed by atoms with Crippen molar-refractivity contribution in [3.8, 4) is 11.3 Å². The number of nitrogens with zero attached hydrogens (tertiary/aromatic N) is 3. The molecule has 0 saturated carbocycles. The number of rotatable bonds is 1. The minimum absolute atomic E-state index is 0.784. The molecule has 2 aromatic carbocycles. The van der Waals surface area contributed by atoms with Gasteiger partial charge in [-0.1, -0.05) is 36.4 Å². The van der Waals surface area contributed by atoms with E-state index in [-0.39, 0.29) is 0 Å². The molecule has 0 radical (unpaired) electrons. The molecule has 0 saturated heterocycles. The average molecular weight is 297 g/mol. The Balaban J connectivity index is 1.93. The van der Waals surface area contributed by atoms with Crippen LogP contribution in [0.3, 0.4) is 0 Å². The highest BCUT2D eigenvalue weighted by Gasteiger charge is 2.15. The zero-order chi connectivity index (χ0) is 15.2. The summed E-state index contributed by atoms with van der Waals surface area (Å²) in [7, 11) is 0. The standard InChI is InChI=1S/C19H11N3O/c1-2-7-16-13(5-1)14-9-10-20-18(19(14)23-16)15-6-3-4-12-8-11-21-22-17(12)15/h1-11H. The van der Waals surface area contributed by atoms with Gasteiger partial charge in [0.05, 0.1) is 6.20 Å². The fourth-order valence-electron chi connectivity index (χ4n) is 3.05. The molecule has 0 fully saturated rings. The smallest absolute Gasteiger partial charge is 0.161 e. The summed E-state index contributed by atoms with van der Waals surface area (Å²) in [5, 5.41) is 11.5. The first-order chi connectivity index (χ1) is 11.4. The van der Waals surface area contributed by atoms with Gasteiger partial charge in [-0.2, -0.15) is 5.10 Å². The quantitative estimate of drug-likeness (QED) is 0.454. The molecule has 3 heterocycles. The highest BCUT2D eigenvalue weighted by molar-refractivity contribution is 6.10. The van der Waals surface area contributed by atoms with Gasteiger partial charge in [0, 0.05) is 27.9 Å². The van der Waals surface area contributed by atoms with Crippen molar-refractivity contribution in [3.05, 3.63) is 67.0 Å². The second-order valence-corrected chi connectivity index (χ2v) is 5.41. The maximum atomic E-state index is 6.08. The summed E-state index contributed by atoms with van der Waals surface area (Å²) in [6.07, 6.45) is 3.51. The Labute approximate surface area is 131 Å². The summed E-state index contributed by atoms with van der Waals surface area (Å²) in [5.41, 5.74) is 4.20. The van der Waals surface area contributed by atoms with Gasteiger partial charge in [-0.3, -0.25) is 4.98 Å². The molecular formula is C19H11N3O. The third-order valence-electron chi connectivity index (χ3n) is 4.09. The first-order valence-electron chi connectivity index (χ1n) is 7.39. The van der Waals surface area contributed by atoms with E-state index in [1.54, 1.807) is 6.20 Å². The van der Waals surface area contributed by atoms with Crippen LogP contribution < -0.4 is 0 Å². The van der Waals surface area contributed by atoms with Crippen LogP contribution in [0.5, 0.6) is 0 Å². The molecule has 0 aliphatic carbocycles. The number of hydrogen-bond acceptors (Lipinski definition) is 4. The van der Waals surface area contributed by atoms with Crippen LogP contribution in [0.25, 0.3) is 44.1 Å². The van der Waals surface area contributed by atoms with E-state index in [2.05, 4.69) is 21.2 Å².